The summed E-state index contributed by atoms with van der Waals surface area (Å²) >= 11 is 0. The average Bonchev–Trinajstić information content (AvgIpc) is 2.98. The van der Waals surface area contributed by atoms with Gasteiger partial charge >= 0.3 is 6.18 Å². The molecule has 0 spiro atoms. The van der Waals surface area contributed by atoms with Crippen LogP contribution in [0.1, 0.15) is 26.7 Å². The van der Waals surface area contributed by atoms with Crippen molar-refractivity contribution in [3.8, 4) is 0 Å². The number of rotatable bonds is 7. The highest BCUT2D eigenvalue weighted by molar-refractivity contribution is 4.94. The van der Waals surface area contributed by atoms with E-state index < -0.39 is 18.3 Å². The van der Waals surface area contributed by atoms with Gasteiger partial charge in [-0.05, 0) is 26.3 Å². The third kappa shape index (κ3) is 5.70. The van der Waals surface area contributed by atoms with E-state index in [1.54, 1.807) is 13.8 Å². The molecule has 0 radical (unpaired) electrons. The molecule has 1 rings (SSSR count). The number of likely N-dealkylation sites (N-methyl/N-ethyl adjacent to an activating group) is 1. The maximum atomic E-state index is 12.3. The predicted octanol–water partition coefficient (Wildman–Crippen LogP) is 1.37. The van der Waals surface area contributed by atoms with Crippen LogP contribution in [0.15, 0.2) is 0 Å². The number of alkyl halides is 3. The van der Waals surface area contributed by atoms with E-state index >= 15 is 0 Å². The van der Waals surface area contributed by atoms with E-state index in [1.807, 2.05) is 0 Å². The van der Waals surface area contributed by atoms with Gasteiger partial charge in [-0.25, -0.2) is 0 Å². The van der Waals surface area contributed by atoms with Crippen molar-refractivity contribution in [3.63, 3.8) is 0 Å². The Balaban J connectivity index is 2.50. The maximum Gasteiger partial charge on any atom is 0.401 e. The van der Waals surface area contributed by atoms with Crippen LogP contribution in [0.3, 0.4) is 0 Å². The first-order chi connectivity index (χ1) is 7.78. The van der Waals surface area contributed by atoms with Crippen molar-refractivity contribution in [1.82, 2.24) is 10.2 Å². The molecule has 2 N–H and O–H groups in total. The molecule has 0 saturated heterocycles. The Kier molecular flexibility index (Phi) is 4.80. The molecule has 102 valence electrons. The zero-order valence-corrected chi connectivity index (χ0v) is 10.3. The molecule has 0 aromatic rings. The lowest BCUT2D eigenvalue weighted by atomic mass is 10.0. The minimum atomic E-state index is -4.19. The second-order valence-corrected chi connectivity index (χ2v) is 5.06. The third-order valence-corrected chi connectivity index (χ3v) is 2.90. The molecule has 3 nitrogen and oxygen atoms in total. The zero-order chi connectivity index (χ0) is 13.1. The molecule has 0 aromatic heterocycles. The Morgan fingerprint density at radius 1 is 1.29 bits per heavy atom. The monoisotopic (exact) mass is 254 g/mol. The Morgan fingerprint density at radius 2 is 1.88 bits per heavy atom. The van der Waals surface area contributed by atoms with Crippen LogP contribution in [0.5, 0.6) is 0 Å². The topological polar surface area (TPSA) is 35.5 Å². The highest BCUT2D eigenvalue weighted by Gasteiger charge is 2.36. The van der Waals surface area contributed by atoms with Crippen LogP contribution in [0.2, 0.25) is 0 Å². The quantitative estimate of drug-likeness (QED) is 0.720. The second-order valence-electron chi connectivity index (χ2n) is 5.06. The summed E-state index contributed by atoms with van der Waals surface area (Å²) in [7, 11) is 0. The lowest BCUT2D eigenvalue weighted by molar-refractivity contribution is -0.147. The highest BCUT2D eigenvalue weighted by Crippen LogP contribution is 2.24. The van der Waals surface area contributed by atoms with E-state index in [0.29, 0.717) is 12.6 Å². The minimum absolute atomic E-state index is 0.155. The molecule has 1 fully saturated rings. The normalized spacial score (nSPS) is 20.6. The van der Waals surface area contributed by atoms with Crippen molar-refractivity contribution >= 4 is 0 Å². The summed E-state index contributed by atoms with van der Waals surface area (Å²) in [6, 6.07) is 0.358. The van der Waals surface area contributed by atoms with Gasteiger partial charge in [0.1, 0.15) is 0 Å². The molecule has 1 aliphatic carbocycles. The van der Waals surface area contributed by atoms with E-state index in [4.69, 9.17) is 0 Å². The average molecular weight is 254 g/mol. The van der Waals surface area contributed by atoms with Crippen molar-refractivity contribution in [2.75, 3.05) is 26.2 Å². The molecule has 0 bridgehead atoms. The van der Waals surface area contributed by atoms with Gasteiger partial charge in [0.2, 0.25) is 0 Å². The molecule has 0 amide bonds. The van der Waals surface area contributed by atoms with Crippen molar-refractivity contribution in [2.24, 2.45) is 0 Å². The van der Waals surface area contributed by atoms with Crippen molar-refractivity contribution in [1.29, 1.82) is 0 Å². The van der Waals surface area contributed by atoms with Crippen LogP contribution < -0.4 is 5.32 Å². The van der Waals surface area contributed by atoms with E-state index in [0.717, 1.165) is 12.8 Å². The number of nitrogens with zero attached hydrogens (tertiary/aromatic N) is 1. The van der Waals surface area contributed by atoms with Crippen molar-refractivity contribution < 1.29 is 18.3 Å². The molecule has 1 aliphatic rings. The van der Waals surface area contributed by atoms with Gasteiger partial charge in [-0.1, -0.05) is 6.92 Å². The summed E-state index contributed by atoms with van der Waals surface area (Å²) in [5, 5.41) is 12.5. The number of hydrogen-bond acceptors (Lipinski definition) is 3. The molecular weight excluding hydrogens is 233 g/mol. The number of aliphatic hydroxyl groups is 1. The Bertz CT molecular complexity index is 243. The van der Waals surface area contributed by atoms with Gasteiger partial charge in [0, 0.05) is 12.6 Å². The fraction of sp³-hybridized carbons (Fsp3) is 1.00. The van der Waals surface area contributed by atoms with Crippen LogP contribution in [-0.4, -0.2) is 54.0 Å². The van der Waals surface area contributed by atoms with Crippen LogP contribution in [0.4, 0.5) is 13.2 Å². The standard InChI is InChI=1S/C11H21F3N2O/c1-3-16(7-11(12,13)14)6-10(2,8-17)15-9-4-5-9/h9,15,17H,3-8H2,1-2H3. The number of aliphatic hydroxyl groups excluding tert-OH is 1. The van der Waals surface area contributed by atoms with Gasteiger partial charge < -0.3 is 10.4 Å². The molecule has 6 heteroatoms. The van der Waals surface area contributed by atoms with Crippen LogP contribution in [0, 0.1) is 0 Å². The molecule has 0 aliphatic heterocycles. The molecular formula is C11H21F3N2O. The van der Waals surface area contributed by atoms with Crippen LogP contribution in [0.25, 0.3) is 0 Å². The Labute approximate surface area is 100.0 Å². The summed E-state index contributed by atoms with van der Waals surface area (Å²) in [6.07, 6.45) is -2.10. The van der Waals surface area contributed by atoms with Crippen molar-refractivity contribution in [3.05, 3.63) is 0 Å². The summed E-state index contributed by atoms with van der Waals surface area (Å²) in [6.45, 7) is 2.91. The summed E-state index contributed by atoms with van der Waals surface area (Å²) < 4.78 is 37.0. The fourth-order valence-electron chi connectivity index (χ4n) is 1.89. The fourth-order valence-corrected chi connectivity index (χ4v) is 1.89. The van der Waals surface area contributed by atoms with Gasteiger partial charge in [-0.15, -0.1) is 0 Å². The van der Waals surface area contributed by atoms with E-state index in [2.05, 4.69) is 5.32 Å². The lowest BCUT2D eigenvalue weighted by Crippen LogP contribution is -2.56. The maximum absolute atomic E-state index is 12.3. The largest absolute Gasteiger partial charge is 0.401 e. The summed E-state index contributed by atoms with van der Waals surface area (Å²) in [4.78, 5) is 1.31. The van der Waals surface area contributed by atoms with E-state index in [9.17, 15) is 18.3 Å². The van der Waals surface area contributed by atoms with Crippen LogP contribution >= 0.6 is 0 Å². The first-order valence-corrected chi connectivity index (χ1v) is 5.95. The minimum Gasteiger partial charge on any atom is -0.394 e. The van der Waals surface area contributed by atoms with E-state index in [1.165, 1.54) is 4.90 Å². The van der Waals surface area contributed by atoms with Crippen molar-refractivity contribution in [2.45, 2.75) is 44.4 Å². The van der Waals surface area contributed by atoms with Gasteiger partial charge in [0.25, 0.3) is 0 Å². The Morgan fingerprint density at radius 3 is 2.24 bits per heavy atom. The number of halogens is 3. The highest BCUT2D eigenvalue weighted by atomic mass is 19.4. The Hall–Kier alpha value is -0.330. The zero-order valence-electron chi connectivity index (χ0n) is 10.3. The number of hydrogen-bond donors (Lipinski definition) is 2. The molecule has 0 heterocycles. The van der Waals surface area contributed by atoms with Gasteiger partial charge in [-0.3, -0.25) is 4.90 Å². The smallest absolute Gasteiger partial charge is 0.394 e. The third-order valence-electron chi connectivity index (χ3n) is 2.90. The summed E-state index contributed by atoms with van der Waals surface area (Å²) in [5.74, 6) is 0. The molecule has 0 aromatic carbocycles. The molecule has 1 saturated carbocycles. The molecule has 1 unspecified atom stereocenters. The van der Waals surface area contributed by atoms with Crippen LogP contribution in [-0.2, 0) is 0 Å². The molecule has 1 atom stereocenters. The predicted molar refractivity (Wildman–Crippen MR) is 59.8 cm³/mol. The second kappa shape index (κ2) is 5.54. The summed E-state index contributed by atoms with van der Waals surface area (Å²) in [5.41, 5.74) is -0.650. The lowest BCUT2D eigenvalue weighted by Gasteiger charge is -2.35. The SMILES string of the molecule is CCN(CC(F)(F)F)CC(C)(CO)NC1CC1. The molecule has 17 heavy (non-hydrogen) atoms. The van der Waals surface area contributed by atoms with E-state index in [-0.39, 0.29) is 13.2 Å². The number of nitrogens with one attached hydrogen (secondary N) is 1. The first kappa shape index (κ1) is 14.7. The first-order valence-electron chi connectivity index (χ1n) is 5.95. The van der Waals surface area contributed by atoms with Gasteiger partial charge in [-0.2, -0.15) is 13.2 Å². The van der Waals surface area contributed by atoms with Gasteiger partial charge in [0.05, 0.1) is 18.7 Å². The van der Waals surface area contributed by atoms with Gasteiger partial charge in [0.15, 0.2) is 0 Å².